The molecule has 194 valence electrons. The first-order chi connectivity index (χ1) is 17.1. The number of carbonyl (C=O) groups excluding carboxylic acids is 1. The lowest BCUT2D eigenvalue weighted by molar-refractivity contribution is 0.0610. The van der Waals surface area contributed by atoms with Crippen molar-refractivity contribution in [3.05, 3.63) is 29.5 Å². The van der Waals surface area contributed by atoms with Crippen molar-refractivity contribution in [3.63, 3.8) is 0 Å². The van der Waals surface area contributed by atoms with Gasteiger partial charge in [0.15, 0.2) is 5.82 Å². The summed E-state index contributed by atoms with van der Waals surface area (Å²) in [4.78, 5) is 38.8. The molecule has 1 saturated heterocycles. The number of anilines is 1. The topological polar surface area (TPSA) is 116 Å². The van der Waals surface area contributed by atoms with E-state index in [1.165, 1.54) is 4.90 Å². The molecule has 36 heavy (non-hydrogen) atoms. The van der Waals surface area contributed by atoms with Gasteiger partial charge in [-0.2, -0.15) is 5.10 Å². The minimum atomic E-state index is -0.896. The molecule has 0 radical (unpaired) electrons. The van der Waals surface area contributed by atoms with E-state index < -0.39 is 6.09 Å². The van der Waals surface area contributed by atoms with Crippen LogP contribution in [0.5, 0.6) is 0 Å². The molecule has 0 saturated carbocycles. The standard InChI is InChI=1S/C25H35N7O3S/c1-6-9-31(24(34)35)17-7-10-30(11-8-17)22(33)19-14-20(27-16(2)25(3,4)5)29-21(28-19)18-15-26-32-12-13-36-23(18)32/h12-17H,6-11H2,1-5H3,(H,34,35)(H,27,28,29)/t16-/m1/s1. The minimum Gasteiger partial charge on any atom is -0.465 e. The second-order valence-electron chi connectivity index (χ2n) is 10.4. The molecule has 0 bridgehead atoms. The number of hydrogen-bond acceptors (Lipinski definition) is 7. The predicted octanol–water partition coefficient (Wildman–Crippen LogP) is 4.69. The fourth-order valence-corrected chi connectivity index (χ4v) is 5.08. The van der Waals surface area contributed by atoms with Crippen molar-refractivity contribution in [3.8, 4) is 11.4 Å². The van der Waals surface area contributed by atoms with E-state index in [-0.39, 0.29) is 23.4 Å². The molecule has 10 nitrogen and oxygen atoms in total. The summed E-state index contributed by atoms with van der Waals surface area (Å²) in [7, 11) is 0. The number of nitrogens with one attached hydrogen (secondary N) is 1. The first-order valence-electron chi connectivity index (χ1n) is 12.4. The van der Waals surface area contributed by atoms with Crippen molar-refractivity contribution in [1.29, 1.82) is 0 Å². The number of likely N-dealkylation sites (tertiary alicyclic amines) is 1. The summed E-state index contributed by atoms with van der Waals surface area (Å²) >= 11 is 1.54. The van der Waals surface area contributed by atoms with Gasteiger partial charge in [0.2, 0.25) is 0 Å². The van der Waals surface area contributed by atoms with E-state index in [1.54, 1.807) is 33.0 Å². The SMILES string of the molecule is CCCN(C(=O)O)C1CCN(C(=O)c2cc(N[C@H](C)C(C)(C)C)nc(-c3cnn4ccsc34)n2)CC1. The van der Waals surface area contributed by atoms with Gasteiger partial charge in [-0.25, -0.2) is 19.3 Å². The Morgan fingerprint density at radius 3 is 2.64 bits per heavy atom. The van der Waals surface area contributed by atoms with E-state index in [0.29, 0.717) is 49.8 Å². The minimum absolute atomic E-state index is 0.00952. The summed E-state index contributed by atoms with van der Waals surface area (Å²) in [5.41, 5.74) is 1.09. The predicted molar refractivity (Wildman–Crippen MR) is 141 cm³/mol. The highest BCUT2D eigenvalue weighted by Crippen LogP contribution is 2.29. The third kappa shape index (κ3) is 5.45. The van der Waals surface area contributed by atoms with E-state index in [0.717, 1.165) is 16.8 Å². The van der Waals surface area contributed by atoms with Crippen molar-refractivity contribution in [2.45, 2.75) is 66.0 Å². The van der Waals surface area contributed by atoms with Crippen LogP contribution in [0.25, 0.3) is 16.2 Å². The number of carbonyl (C=O) groups is 2. The molecule has 2 amide bonds. The number of carboxylic acid groups (broad SMARTS) is 1. The molecule has 0 spiro atoms. The fourth-order valence-electron chi connectivity index (χ4n) is 4.29. The molecule has 0 aromatic carbocycles. The van der Waals surface area contributed by atoms with Crippen molar-refractivity contribution >= 4 is 34.0 Å². The Labute approximate surface area is 215 Å². The zero-order valence-corrected chi connectivity index (χ0v) is 22.4. The Bertz CT molecular complexity index is 1220. The molecule has 0 unspecified atom stereocenters. The quantitative estimate of drug-likeness (QED) is 0.471. The molecule has 3 aromatic rings. The van der Waals surface area contributed by atoms with Gasteiger partial charge in [0.1, 0.15) is 16.3 Å². The number of piperidine rings is 1. The Morgan fingerprint density at radius 1 is 1.28 bits per heavy atom. The maximum absolute atomic E-state index is 13.6. The number of thiazole rings is 1. The van der Waals surface area contributed by atoms with Crippen LogP contribution in [0.4, 0.5) is 10.6 Å². The molecule has 1 aliphatic heterocycles. The lowest BCUT2D eigenvalue weighted by Crippen LogP contribution is -2.48. The molecule has 1 aliphatic rings. The molecule has 4 heterocycles. The number of nitrogens with zero attached hydrogens (tertiary/aromatic N) is 6. The number of hydrogen-bond donors (Lipinski definition) is 2. The zero-order chi connectivity index (χ0) is 26.0. The maximum Gasteiger partial charge on any atom is 0.407 e. The van der Waals surface area contributed by atoms with Crippen LogP contribution in [0.3, 0.4) is 0 Å². The van der Waals surface area contributed by atoms with Crippen LogP contribution in [-0.4, -0.2) is 78.2 Å². The molecule has 0 aliphatic carbocycles. The Balaban J connectivity index is 1.60. The molecule has 1 atom stereocenters. The van der Waals surface area contributed by atoms with Crippen LogP contribution in [0.2, 0.25) is 0 Å². The Kier molecular flexibility index (Phi) is 7.49. The van der Waals surface area contributed by atoms with Crippen LogP contribution in [0.15, 0.2) is 23.8 Å². The van der Waals surface area contributed by atoms with E-state index >= 15 is 0 Å². The summed E-state index contributed by atoms with van der Waals surface area (Å²) in [5.74, 6) is 0.879. The molecule has 11 heteroatoms. The second kappa shape index (κ2) is 10.4. The third-order valence-corrected chi connectivity index (χ3v) is 7.77. The highest BCUT2D eigenvalue weighted by Gasteiger charge is 2.31. The largest absolute Gasteiger partial charge is 0.465 e. The van der Waals surface area contributed by atoms with Gasteiger partial charge in [0.05, 0.1) is 11.8 Å². The van der Waals surface area contributed by atoms with Gasteiger partial charge < -0.3 is 20.2 Å². The summed E-state index contributed by atoms with van der Waals surface area (Å²) in [6.45, 7) is 12.0. The van der Waals surface area contributed by atoms with E-state index in [2.05, 4.69) is 43.1 Å². The fraction of sp³-hybridized carbons (Fsp3) is 0.560. The van der Waals surface area contributed by atoms with E-state index in [4.69, 9.17) is 4.98 Å². The van der Waals surface area contributed by atoms with Gasteiger partial charge in [-0.1, -0.05) is 27.7 Å². The van der Waals surface area contributed by atoms with Gasteiger partial charge in [-0.05, 0) is 31.6 Å². The van der Waals surface area contributed by atoms with Gasteiger partial charge in [0.25, 0.3) is 5.91 Å². The van der Waals surface area contributed by atoms with Crippen molar-refractivity contribution in [1.82, 2.24) is 29.4 Å². The lowest BCUT2D eigenvalue weighted by Gasteiger charge is -2.37. The smallest absolute Gasteiger partial charge is 0.407 e. The van der Waals surface area contributed by atoms with Crippen LogP contribution in [0, 0.1) is 5.41 Å². The third-order valence-electron chi connectivity index (χ3n) is 6.88. The first kappa shape index (κ1) is 25.9. The van der Waals surface area contributed by atoms with Crippen LogP contribution < -0.4 is 5.32 Å². The van der Waals surface area contributed by atoms with Gasteiger partial charge in [0, 0.05) is 49.4 Å². The van der Waals surface area contributed by atoms with Crippen LogP contribution >= 0.6 is 11.3 Å². The number of amides is 2. The average molecular weight is 514 g/mol. The lowest BCUT2D eigenvalue weighted by atomic mass is 9.88. The zero-order valence-electron chi connectivity index (χ0n) is 21.6. The Hall–Kier alpha value is -3.21. The normalized spacial score (nSPS) is 15.8. The summed E-state index contributed by atoms with van der Waals surface area (Å²) in [6, 6.07) is 1.75. The molecule has 3 aromatic heterocycles. The highest BCUT2D eigenvalue weighted by atomic mass is 32.1. The van der Waals surface area contributed by atoms with Gasteiger partial charge in [-0.3, -0.25) is 4.79 Å². The molecule has 4 rings (SSSR count). The number of aromatic nitrogens is 4. The highest BCUT2D eigenvalue weighted by molar-refractivity contribution is 7.16. The summed E-state index contributed by atoms with van der Waals surface area (Å²) in [6.07, 6.45) is 4.70. The molecular formula is C25H35N7O3S. The van der Waals surface area contributed by atoms with Gasteiger partial charge in [-0.15, -0.1) is 11.3 Å². The van der Waals surface area contributed by atoms with Crippen molar-refractivity contribution in [2.24, 2.45) is 5.41 Å². The number of rotatable bonds is 7. The first-order valence-corrected chi connectivity index (χ1v) is 13.3. The molecule has 1 fully saturated rings. The second-order valence-corrected chi connectivity index (χ2v) is 11.3. The summed E-state index contributed by atoms with van der Waals surface area (Å²) < 4.78 is 1.78. The Morgan fingerprint density at radius 2 is 2.00 bits per heavy atom. The van der Waals surface area contributed by atoms with E-state index in [1.807, 2.05) is 18.5 Å². The monoisotopic (exact) mass is 513 g/mol. The van der Waals surface area contributed by atoms with Crippen LogP contribution in [0.1, 0.15) is 64.4 Å². The van der Waals surface area contributed by atoms with Gasteiger partial charge >= 0.3 is 6.09 Å². The van der Waals surface area contributed by atoms with Crippen molar-refractivity contribution in [2.75, 3.05) is 25.0 Å². The van der Waals surface area contributed by atoms with Crippen molar-refractivity contribution < 1.29 is 14.7 Å². The summed E-state index contributed by atoms with van der Waals surface area (Å²) in [5, 5.41) is 19.4. The average Bonchev–Trinajstić information content (AvgIpc) is 3.45. The maximum atomic E-state index is 13.6. The van der Waals surface area contributed by atoms with E-state index in [9.17, 15) is 14.7 Å². The van der Waals surface area contributed by atoms with Crippen LogP contribution in [-0.2, 0) is 0 Å². The molecule has 2 N–H and O–H groups in total. The molecular weight excluding hydrogens is 478 g/mol. The number of fused-ring (bicyclic) bond motifs is 1.